The number of ether oxygens (including phenoxy) is 3. The van der Waals surface area contributed by atoms with Gasteiger partial charge < -0.3 is 34.4 Å². The fourth-order valence-corrected chi connectivity index (χ4v) is 7.80. The summed E-state index contributed by atoms with van der Waals surface area (Å²) >= 11 is 0. The van der Waals surface area contributed by atoms with Crippen LogP contribution in [0.3, 0.4) is 0 Å². The van der Waals surface area contributed by atoms with Gasteiger partial charge in [0.15, 0.2) is 5.54 Å². The van der Waals surface area contributed by atoms with Gasteiger partial charge in [-0.1, -0.05) is 17.7 Å². The molecule has 2 aliphatic rings. The minimum atomic E-state index is -4.62. The number of carbonyl (C=O) groups is 4. The van der Waals surface area contributed by atoms with Gasteiger partial charge in [-0.15, -0.1) is 0 Å². The summed E-state index contributed by atoms with van der Waals surface area (Å²) < 4.78 is 46.1. The van der Waals surface area contributed by atoms with Gasteiger partial charge in [0.1, 0.15) is 16.4 Å². The van der Waals surface area contributed by atoms with Gasteiger partial charge in [0.2, 0.25) is 11.8 Å². The van der Waals surface area contributed by atoms with Crippen LogP contribution in [0.15, 0.2) is 71.8 Å². The standard InChI is InChI=1S/C30H34N4O8S.C4H4O4/c1-18-9-11-23-22(14-18)30(21-8-7-13-31-27(21)42-6,33-17-19(35)15-24(33)28(36)32(2)3)29(37)34(23)43(38,39)26-12-10-20(40-4)16-25(26)41-5;5-3(6)1-2-4(7)8/h7-14,16,19,24,35H,15,17H2,1-6H3;1-2H,(H,5,6)(H,7,8)/t19-,24+,30?;/m1./s1. The average molecular weight is 727 g/mol. The monoisotopic (exact) mass is 726 g/mol. The zero-order valence-corrected chi connectivity index (χ0v) is 29.4. The first kappa shape index (κ1) is 38.3. The molecule has 2 amide bonds. The number of likely N-dealkylation sites (tertiary alicyclic amines) is 1. The van der Waals surface area contributed by atoms with Crippen LogP contribution in [0.25, 0.3) is 0 Å². The maximum absolute atomic E-state index is 15.2. The fraction of sp³-hybridized carbons (Fsp3) is 0.324. The van der Waals surface area contributed by atoms with Crippen molar-refractivity contribution >= 4 is 39.5 Å². The lowest BCUT2D eigenvalue weighted by Crippen LogP contribution is -2.59. The normalized spacial score (nSPS) is 20.0. The van der Waals surface area contributed by atoms with Crippen molar-refractivity contribution in [2.24, 2.45) is 0 Å². The number of likely N-dealkylation sites (N-methyl/N-ethyl adjacent to an activating group) is 1. The van der Waals surface area contributed by atoms with Gasteiger partial charge >= 0.3 is 11.9 Å². The summed E-state index contributed by atoms with van der Waals surface area (Å²) in [5.41, 5.74) is -0.529. The molecule has 3 atom stereocenters. The van der Waals surface area contributed by atoms with Gasteiger partial charge in [0, 0.05) is 56.2 Å². The van der Waals surface area contributed by atoms with E-state index in [1.54, 1.807) is 49.3 Å². The molecule has 272 valence electrons. The molecule has 0 spiro atoms. The molecule has 0 radical (unpaired) electrons. The number of aliphatic hydroxyl groups is 1. The van der Waals surface area contributed by atoms with Gasteiger partial charge in [-0.25, -0.2) is 27.3 Å². The molecule has 5 rings (SSSR count). The van der Waals surface area contributed by atoms with Crippen molar-refractivity contribution in [2.45, 2.75) is 35.9 Å². The first-order chi connectivity index (χ1) is 24.1. The number of methoxy groups -OCH3 is 3. The summed E-state index contributed by atoms with van der Waals surface area (Å²) in [5.74, 6) is -3.32. The highest BCUT2D eigenvalue weighted by molar-refractivity contribution is 7.93. The van der Waals surface area contributed by atoms with Gasteiger partial charge in [-0.3, -0.25) is 14.5 Å². The van der Waals surface area contributed by atoms with Crippen LogP contribution < -0.4 is 18.5 Å². The number of rotatable bonds is 10. The van der Waals surface area contributed by atoms with E-state index in [1.807, 2.05) is 6.92 Å². The number of hydrogen-bond donors (Lipinski definition) is 3. The Hall–Kier alpha value is -5.52. The molecule has 2 aromatic carbocycles. The first-order valence-corrected chi connectivity index (χ1v) is 16.7. The number of anilines is 1. The lowest BCUT2D eigenvalue weighted by Gasteiger charge is -2.41. The Morgan fingerprint density at radius 2 is 1.63 bits per heavy atom. The number of carboxylic acids is 2. The Bertz CT molecular complexity index is 1970. The molecule has 1 unspecified atom stereocenters. The van der Waals surface area contributed by atoms with Gasteiger partial charge in [-0.2, -0.15) is 0 Å². The third-order valence-corrected chi connectivity index (χ3v) is 10.0. The van der Waals surface area contributed by atoms with E-state index in [0.29, 0.717) is 23.5 Å². The summed E-state index contributed by atoms with van der Waals surface area (Å²) in [6.07, 6.45) is 1.67. The molecule has 51 heavy (non-hydrogen) atoms. The highest BCUT2D eigenvalue weighted by Crippen LogP contribution is 2.54. The maximum atomic E-state index is 15.2. The molecular formula is C34H38N4O12S. The number of sulfonamides is 1. The molecule has 1 fully saturated rings. The van der Waals surface area contributed by atoms with Crippen LogP contribution in [0.1, 0.15) is 23.1 Å². The molecule has 0 saturated carbocycles. The van der Waals surface area contributed by atoms with Gasteiger partial charge in [-0.05, 0) is 43.7 Å². The number of carbonyl (C=O) groups excluding carboxylic acids is 2. The van der Waals surface area contributed by atoms with E-state index in [9.17, 15) is 27.9 Å². The second-order valence-electron chi connectivity index (χ2n) is 11.7. The molecule has 3 aromatic rings. The lowest BCUT2D eigenvalue weighted by molar-refractivity contribution is -0.138. The van der Waals surface area contributed by atoms with Crippen LogP contribution in [0.4, 0.5) is 5.69 Å². The van der Waals surface area contributed by atoms with E-state index >= 15 is 4.79 Å². The number of carboxylic acid groups (broad SMARTS) is 2. The molecule has 1 aromatic heterocycles. The predicted molar refractivity (Wildman–Crippen MR) is 181 cm³/mol. The Morgan fingerprint density at radius 3 is 2.20 bits per heavy atom. The Kier molecular flexibility index (Phi) is 11.4. The van der Waals surface area contributed by atoms with Gasteiger partial charge in [0.05, 0.1) is 39.2 Å². The van der Waals surface area contributed by atoms with E-state index in [0.717, 1.165) is 9.87 Å². The van der Waals surface area contributed by atoms with E-state index in [2.05, 4.69) is 4.98 Å². The quantitative estimate of drug-likeness (QED) is 0.254. The smallest absolute Gasteiger partial charge is 0.328 e. The van der Waals surface area contributed by atoms with E-state index < -0.39 is 45.6 Å². The van der Waals surface area contributed by atoms with Crippen molar-refractivity contribution < 1.29 is 57.1 Å². The Morgan fingerprint density at radius 1 is 0.961 bits per heavy atom. The predicted octanol–water partition coefficient (Wildman–Crippen LogP) is 1.63. The number of amides is 2. The number of β-amino-alcohol motifs (C(OH)–C–C–N with tert-alkyl or cyclic N) is 1. The van der Waals surface area contributed by atoms with Crippen molar-refractivity contribution in [3.63, 3.8) is 0 Å². The Labute approximate surface area is 294 Å². The van der Waals surface area contributed by atoms with Crippen LogP contribution in [-0.4, -0.2) is 116 Å². The molecule has 3 heterocycles. The van der Waals surface area contributed by atoms with Crippen molar-refractivity contribution in [3.05, 3.63) is 83.6 Å². The largest absolute Gasteiger partial charge is 0.497 e. The first-order valence-electron chi connectivity index (χ1n) is 15.3. The summed E-state index contributed by atoms with van der Waals surface area (Å²) in [5, 5.41) is 26.6. The summed E-state index contributed by atoms with van der Waals surface area (Å²) in [4.78, 5) is 54.9. The minimum absolute atomic E-state index is 0.0190. The van der Waals surface area contributed by atoms with Crippen LogP contribution in [0.5, 0.6) is 17.4 Å². The van der Waals surface area contributed by atoms with Crippen LogP contribution in [0.2, 0.25) is 0 Å². The van der Waals surface area contributed by atoms with Crippen molar-refractivity contribution in [2.75, 3.05) is 46.3 Å². The van der Waals surface area contributed by atoms with Crippen molar-refractivity contribution in [1.82, 2.24) is 14.8 Å². The fourth-order valence-electron chi connectivity index (χ4n) is 6.19. The highest BCUT2D eigenvalue weighted by Gasteiger charge is 2.64. The van der Waals surface area contributed by atoms with E-state index in [4.69, 9.17) is 24.4 Å². The minimum Gasteiger partial charge on any atom is -0.497 e. The second kappa shape index (κ2) is 15.2. The van der Waals surface area contributed by atoms with Crippen LogP contribution >= 0.6 is 0 Å². The lowest BCUT2D eigenvalue weighted by atomic mass is 9.81. The molecule has 3 N–H and O–H groups in total. The third kappa shape index (κ3) is 7.08. The van der Waals surface area contributed by atoms with Gasteiger partial charge in [0.25, 0.3) is 15.9 Å². The van der Waals surface area contributed by atoms with Crippen LogP contribution in [-0.2, 0) is 34.7 Å². The number of aromatic nitrogens is 1. The zero-order valence-electron chi connectivity index (χ0n) is 28.6. The molecule has 17 heteroatoms. The Balaban J connectivity index is 0.000000652. The molecule has 0 aliphatic carbocycles. The topological polar surface area (TPSA) is 213 Å². The molecular weight excluding hydrogens is 688 g/mol. The number of aryl methyl sites for hydroxylation is 1. The number of fused-ring (bicyclic) bond motifs is 1. The van der Waals surface area contributed by atoms with Crippen LogP contribution in [0, 0.1) is 6.92 Å². The third-order valence-electron chi connectivity index (χ3n) is 8.30. The van der Waals surface area contributed by atoms with Crippen molar-refractivity contribution in [1.29, 1.82) is 0 Å². The number of hydrogen-bond acceptors (Lipinski definition) is 12. The van der Waals surface area contributed by atoms with E-state index in [-0.39, 0.29) is 46.6 Å². The summed E-state index contributed by atoms with van der Waals surface area (Å²) in [6.45, 7) is 1.72. The number of pyridine rings is 1. The molecule has 16 nitrogen and oxygen atoms in total. The van der Waals surface area contributed by atoms with E-state index in [1.165, 1.54) is 50.6 Å². The number of benzene rings is 2. The SMILES string of the molecule is COc1ccc(S(=O)(=O)N2C(=O)C(c3cccnc3OC)(N3C[C@H](O)C[C@H]3C(=O)N(C)C)c3cc(C)ccc32)c(OC)c1.O=C(O)C=CC(=O)O. The highest BCUT2D eigenvalue weighted by atomic mass is 32.2. The molecule has 2 aliphatic heterocycles. The molecule has 0 bridgehead atoms. The average Bonchev–Trinajstić information content (AvgIpc) is 3.61. The zero-order chi connectivity index (χ0) is 37.8. The second-order valence-corrected chi connectivity index (χ2v) is 13.4. The summed E-state index contributed by atoms with van der Waals surface area (Å²) in [7, 11) is 2.72. The summed E-state index contributed by atoms with van der Waals surface area (Å²) in [6, 6.07) is 11.5. The molecule has 1 saturated heterocycles. The maximum Gasteiger partial charge on any atom is 0.328 e. The van der Waals surface area contributed by atoms with Crippen molar-refractivity contribution in [3.8, 4) is 17.4 Å². The number of aliphatic carboxylic acids is 2. The number of nitrogens with zero attached hydrogens (tertiary/aromatic N) is 4. The number of aliphatic hydroxyl groups excluding tert-OH is 1.